The lowest BCUT2D eigenvalue weighted by Crippen LogP contribution is -2.25. The van der Waals surface area contributed by atoms with Gasteiger partial charge in [0, 0.05) is 6.54 Å². The monoisotopic (exact) mass is 406 g/mol. The van der Waals surface area contributed by atoms with Gasteiger partial charge in [-0.25, -0.2) is 0 Å². The molecule has 2 aromatic carbocycles. The molecule has 0 aliphatic carbocycles. The van der Waals surface area contributed by atoms with E-state index < -0.39 is 5.91 Å². The normalized spacial score (nSPS) is 11.2. The second-order valence-corrected chi connectivity index (χ2v) is 6.52. The third-order valence-electron chi connectivity index (χ3n) is 4.44. The number of aryl methyl sites for hydroxylation is 1. The first-order valence-corrected chi connectivity index (χ1v) is 9.64. The Bertz CT molecular complexity index is 918. The third kappa shape index (κ3) is 6.71. The molecule has 0 aliphatic rings. The lowest BCUT2D eigenvalue weighted by molar-refractivity contribution is -0.117. The van der Waals surface area contributed by atoms with E-state index in [4.69, 9.17) is 9.47 Å². The van der Waals surface area contributed by atoms with Gasteiger partial charge < -0.3 is 19.9 Å². The number of phenols is 1. The van der Waals surface area contributed by atoms with Gasteiger partial charge in [-0.2, -0.15) is 5.26 Å². The van der Waals surface area contributed by atoms with Gasteiger partial charge >= 0.3 is 0 Å². The number of phenolic OH excluding ortho intramolecular Hbond substituents is 1. The van der Waals surface area contributed by atoms with Gasteiger partial charge in [-0.15, -0.1) is 0 Å². The van der Waals surface area contributed by atoms with E-state index in [-0.39, 0.29) is 22.8 Å². The Hall–Kier alpha value is -3.72. The summed E-state index contributed by atoms with van der Waals surface area (Å²) in [4.78, 5) is 12.2. The molecule has 0 saturated carbocycles. The predicted octanol–water partition coefficient (Wildman–Crippen LogP) is 4.01. The van der Waals surface area contributed by atoms with Crippen molar-refractivity contribution in [2.24, 2.45) is 0 Å². The van der Waals surface area contributed by atoms with Crippen molar-refractivity contribution in [2.45, 2.75) is 19.3 Å². The summed E-state index contributed by atoms with van der Waals surface area (Å²) in [5, 5.41) is 22.0. The average molecular weight is 406 g/mol. The summed E-state index contributed by atoms with van der Waals surface area (Å²) in [6.45, 7) is 0.515. The zero-order valence-corrected chi connectivity index (χ0v) is 17.2. The zero-order valence-electron chi connectivity index (χ0n) is 17.2. The van der Waals surface area contributed by atoms with Crippen molar-refractivity contribution in [3.63, 3.8) is 0 Å². The van der Waals surface area contributed by atoms with Crippen molar-refractivity contribution in [1.82, 2.24) is 5.32 Å². The second kappa shape index (κ2) is 12.0. The molecule has 0 atom stereocenters. The Balaban J connectivity index is 1.88. The topological polar surface area (TPSA) is 91.6 Å². The van der Waals surface area contributed by atoms with Crippen molar-refractivity contribution >= 4 is 12.0 Å². The summed E-state index contributed by atoms with van der Waals surface area (Å²) >= 11 is 0. The Morgan fingerprint density at radius 3 is 2.40 bits per heavy atom. The van der Waals surface area contributed by atoms with Crippen LogP contribution < -0.4 is 14.8 Å². The predicted molar refractivity (Wildman–Crippen MR) is 116 cm³/mol. The van der Waals surface area contributed by atoms with Gasteiger partial charge in [0.05, 0.1) is 14.2 Å². The number of nitrogens with one attached hydrogen (secondary N) is 1. The number of carbonyl (C=O) groups excluding carboxylic acids is 1. The molecular formula is C24H26N2O4. The smallest absolute Gasteiger partial charge is 0.261 e. The molecular weight excluding hydrogens is 380 g/mol. The van der Waals surface area contributed by atoms with Gasteiger partial charge in [0.15, 0.2) is 11.5 Å². The molecule has 0 fully saturated rings. The van der Waals surface area contributed by atoms with Gasteiger partial charge in [0.2, 0.25) is 5.75 Å². The molecule has 30 heavy (non-hydrogen) atoms. The Morgan fingerprint density at radius 1 is 1.13 bits per heavy atom. The molecule has 0 spiro atoms. The number of ether oxygens (including phenoxy) is 2. The standard InChI is InChI=1S/C24H26N2O4/c1-29-21-15-19(16-22(30-2)23(21)27)12-8-13-20(17-25)24(28)26-14-7-6-11-18-9-4-3-5-10-18/h3-5,8-10,12-13,15-16,27H,6-7,11,14H2,1-2H3,(H,26,28). The van der Waals surface area contributed by atoms with Crippen molar-refractivity contribution in [3.8, 4) is 23.3 Å². The van der Waals surface area contributed by atoms with E-state index in [9.17, 15) is 15.2 Å². The van der Waals surface area contributed by atoms with E-state index in [1.807, 2.05) is 24.3 Å². The van der Waals surface area contributed by atoms with Crippen LogP contribution in [0.3, 0.4) is 0 Å². The molecule has 1 amide bonds. The Labute approximate surface area is 177 Å². The molecule has 6 heteroatoms. The number of allylic oxidation sites excluding steroid dienone is 2. The fourth-order valence-corrected chi connectivity index (χ4v) is 2.83. The molecule has 0 aliphatic heterocycles. The second-order valence-electron chi connectivity index (χ2n) is 6.52. The molecule has 0 unspecified atom stereocenters. The molecule has 156 valence electrons. The number of nitrogens with zero attached hydrogens (tertiary/aromatic N) is 1. The van der Waals surface area contributed by atoms with Crippen LogP contribution in [0.4, 0.5) is 0 Å². The van der Waals surface area contributed by atoms with Crippen LogP contribution in [0.1, 0.15) is 24.0 Å². The van der Waals surface area contributed by atoms with Gasteiger partial charge in [0.1, 0.15) is 11.6 Å². The van der Waals surface area contributed by atoms with E-state index in [1.54, 1.807) is 24.3 Å². The third-order valence-corrected chi connectivity index (χ3v) is 4.44. The Kier molecular flexibility index (Phi) is 9.01. The summed E-state index contributed by atoms with van der Waals surface area (Å²) in [6.07, 6.45) is 7.49. The van der Waals surface area contributed by atoms with E-state index in [2.05, 4.69) is 17.4 Å². The maximum absolute atomic E-state index is 12.2. The molecule has 0 aromatic heterocycles. The van der Waals surface area contributed by atoms with Crippen molar-refractivity contribution in [3.05, 3.63) is 71.3 Å². The van der Waals surface area contributed by atoms with Gasteiger partial charge in [-0.05, 0) is 48.6 Å². The molecule has 2 aromatic rings. The molecule has 0 bridgehead atoms. The van der Waals surface area contributed by atoms with Gasteiger partial charge in [-0.1, -0.05) is 42.5 Å². The van der Waals surface area contributed by atoms with Crippen LogP contribution in [0.5, 0.6) is 17.2 Å². The maximum atomic E-state index is 12.2. The number of nitriles is 1. The average Bonchev–Trinajstić information content (AvgIpc) is 2.77. The highest BCUT2D eigenvalue weighted by Gasteiger charge is 2.10. The summed E-state index contributed by atoms with van der Waals surface area (Å²) in [5.41, 5.74) is 1.98. The van der Waals surface area contributed by atoms with Crippen molar-refractivity contribution < 1.29 is 19.4 Å². The Morgan fingerprint density at radius 2 is 1.80 bits per heavy atom. The van der Waals surface area contributed by atoms with E-state index >= 15 is 0 Å². The highest BCUT2D eigenvalue weighted by Crippen LogP contribution is 2.37. The molecule has 0 saturated heterocycles. The van der Waals surface area contributed by atoms with Crippen LogP contribution in [-0.4, -0.2) is 31.8 Å². The van der Waals surface area contributed by atoms with Crippen molar-refractivity contribution in [2.75, 3.05) is 20.8 Å². The highest BCUT2D eigenvalue weighted by atomic mass is 16.5. The van der Waals surface area contributed by atoms with E-state index in [0.29, 0.717) is 12.1 Å². The van der Waals surface area contributed by atoms with Gasteiger partial charge in [0.25, 0.3) is 5.91 Å². The lowest BCUT2D eigenvalue weighted by Gasteiger charge is -2.09. The molecule has 2 N–H and O–H groups in total. The summed E-state index contributed by atoms with van der Waals surface area (Å²) in [6, 6.07) is 15.4. The maximum Gasteiger partial charge on any atom is 0.261 e. The number of unbranched alkanes of at least 4 members (excludes halogenated alkanes) is 1. The summed E-state index contributed by atoms with van der Waals surface area (Å²) in [7, 11) is 2.89. The SMILES string of the molecule is COc1cc(C=CC=C(C#N)C(=O)NCCCCc2ccccc2)cc(OC)c1O. The van der Waals surface area contributed by atoms with Gasteiger partial charge in [-0.3, -0.25) is 4.79 Å². The highest BCUT2D eigenvalue weighted by molar-refractivity contribution is 5.97. The van der Waals surface area contributed by atoms with Crippen LogP contribution in [0.15, 0.2) is 60.2 Å². The first-order chi connectivity index (χ1) is 14.6. The van der Waals surface area contributed by atoms with Crippen LogP contribution in [0, 0.1) is 11.3 Å². The fourth-order valence-electron chi connectivity index (χ4n) is 2.83. The van der Waals surface area contributed by atoms with Crippen LogP contribution in [0.25, 0.3) is 6.08 Å². The van der Waals surface area contributed by atoms with Crippen molar-refractivity contribution in [1.29, 1.82) is 5.26 Å². The molecule has 0 radical (unpaired) electrons. The van der Waals surface area contributed by atoms with E-state index in [0.717, 1.165) is 19.3 Å². The fraction of sp³-hybridized carbons (Fsp3) is 0.250. The number of carbonyl (C=O) groups is 1. The number of rotatable bonds is 10. The zero-order chi connectivity index (χ0) is 21.8. The number of aromatic hydroxyl groups is 1. The minimum Gasteiger partial charge on any atom is -0.502 e. The number of benzene rings is 2. The molecule has 6 nitrogen and oxygen atoms in total. The first-order valence-electron chi connectivity index (χ1n) is 9.64. The number of hydrogen-bond acceptors (Lipinski definition) is 5. The molecule has 0 heterocycles. The minimum atomic E-state index is -0.400. The van der Waals surface area contributed by atoms with Crippen LogP contribution in [-0.2, 0) is 11.2 Å². The summed E-state index contributed by atoms with van der Waals surface area (Å²) in [5.74, 6) is 0.0539. The summed E-state index contributed by atoms with van der Waals surface area (Å²) < 4.78 is 10.2. The van der Waals surface area contributed by atoms with Crippen LogP contribution >= 0.6 is 0 Å². The van der Waals surface area contributed by atoms with E-state index in [1.165, 1.54) is 25.9 Å². The number of hydrogen-bond donors (Lipinski definition) is 2. The van der Waals surface area contributed by atoms with Crippen LogP contribution in [0.2, 0.25) is 0 Å². The lowest BCUT2D eigenvalue weighted by atomic mass is 10.1. The largest absolute Gasteiger partial charge is 0.502 e. The number of methoxy groups -OCH3 is 2. The molecule has 2 rings (SSSR count). The minimum absolute atomic E-state index is 0.0204. The number of amides is 1. The quantitative estimate of drug-likeness (QED) is 0.269. The first kappa shape index (κ1) is 22.6.